The van der Waals surface area contributed by atoms with Gasteiger partial charge in [-0.3, -0.25) is 9.48 Å². The van der Waals surface area contributed by atoms with Crippen LogP contribution in [0.15, 0.2) is 66.7 Å². The van der Waals surface area contributed by atoms with Crippen molar-refractivity contribution in [1.82, 2.24) is 9.78 Å². The number of hydrogen-bond acceptors (Lipinski definition) is 3. The predicted octanol–water partition coefficient (Wildman–Crippen LogP) is 4.62. The minimum absolute atomic E-state index is 0.226. The van der Waals surface area contributed by atoms with Crippen molar-refractivity contribution in [3.05, 3.63) is 89.4 Å². The second-order valence-corrected chi connectivity index (χ2v) is 6.83. The molecule has 1 amide bonds. The molecule has 0 unspecified atom stereocenters. The van der Waals surface area contributed by atoms with E-state index < -0.39 is 0 Å². The van der Waals surface area contributed by atoms with Gasteiger partial charge in [0.25, 0.3) is 5.91 Å². The van der Waals surface area contributed by atoms with Gasteiger partial charge >= 0.3 is 0 Å². The maximum Gasteiger partial charge on any atom is 0.255 e. The number of aryl methyl sites for hydroxylation is 1. The second-order valence-electron chi connectivity index (χ2n) is 6.83. The van der Waals surface area contributed by atoms with Gasteiger partial charge < -0.3 is 11.1 Å². The molecule has 0 bridgehead atoms. The summed E-state index contributed by atoms with van der Waals surface area (Å²) < 4.78 is 15.9. The summed E-state index contributed by atoms with van der Waals surface area (Å²) in [5, 5.41) is 8.10. The van der Waals surface area contributed by atoms with Crippen molar-refractivity contribution in [1.29, 1.82) is 0 Å². The number of nitrogen functional groups attached to an aromatic ring is 1. The van der Waals surface area contributed by atoms with Gasteiger partial charge in [-0.15, -0.1) is 0 Å². The highest BCUT2D eigenvalue weighted by molar-refractivity contribution is 6.05. The van der Waals surface area contributed by atoms with E-state index in [1.807, 2.05) is 41.9 Å². The minimum Gasteiger partial charge on any atom is -0.397 e. The second kappa shape index (κ2) is 7.75. The number of carbonyl (C=O) groups is 1. The number of aromatic nitrogens is 2. The van der Waals surface area contributed by atoms with Crippen LogP contribution in [0.25, 0.3) is 10.9 Å². The number of nitrogens with one attached hydrogen (secondary N) is 1. The van der Waals surface area contributed by atoms with Crippen molar-refractivity contribution in [2.75, 3.05) is 11.1 Å². The fraction of sp³-hybridized carbons (Fsp3) is 0.130. The summed E-state index contributed by atoms with van der Waals surface area (Å²) in [6.07, 6.45) is 0.749. The summed E-state index contributed by atoms with van der Waals surface area (Å²) in [5.74, 6) is -0.543. The van der Waals surface area contributed by atoms with E-state index in [0.717, 1.165) is 23.1 Å². The van der Waals surface area contributed by atoms with Crippen molar-refractivity contribution in [3.63, 3.8) is 0 Å². The molecule has 5 nitrogen and oxygen atoms in total. The van der Waals surface area contributed by atoms with E-state index >= 15 is 0 Å². The van der Waals surface area contributed by atoms with E-state index in [1.54, 1.807) is 30.3 Å². The number of hydrogen-bond donors (Lipinski definition) is 2. The highest BCUT2D eigenvalue weighted by Gasteiger charge is 2.13. The molecule has 0 radical (unpaired) electrons. The van der Waals surface area contributed by atoms with Gasteiger partial charge in [0.15, 0.2) is 5.82 Å². The quantitative estimate of drug-likeness (QED) is 0.490. The number of fused-ring (bicyclic) bond motifs is 1. The molecule has 0 aliphatic rings. The number of nitrogens with two attached hydrogens (primary N) is 1. The lowest BCUT2D eigenvalue weighted by Gasteiger charge is -2.09. The molecule has 29 heavy (non-hydrogen) atoms. The number of anilines is 2. The van der Waals surface area contributed by atoms with E-state index in [1.165, 1.54) is 6.07 Å². The van der Waals surface area contributed by atoms with Gasteiger partial charge in [0.1, 0.15) is 5.52 Å². The Labute approximate surface area is 168 Å². The summed E-state index contributed by atoms with van der Waals surface area (Å²) in [6.45, 7) is 2.53. The van der Waals surface area contributed by atoms with Crippen LogP contribution >= 0.6 is 0 Å². The van der Waals surface area contributed by atoms with Crippen molar-refractivity contribution < 1.29 is 9.18 Å². The van der Waals surface area contributed by atoms with Crippen molar-refractivity contribution in [2.24, 2.45) is 0 Å². The summed E-state index contributed by atoms with van der Waals surface area (Å²) in [4.78, 5) is 12.5. The lowest BCUT2D eigenvalue weighted by atomic mass is 10.1. The maximum atomic E-state index is 14.1. The van der Waals surface area contributed by atoms with E-state index in [2.05, 4.69) is 10.4 Å². The molecule has 0 saturated carbocycles. The number of para-hydroxylation sites is 2. The highest BCUT2D eigenvalue weighted by Crippen LogP contribution is 2.23. The molecule has 146 valence electrons. The third-order valence-corrected chi connectivity index (χ3v) is 4.92. The Kier molecular flexibility index (Phi) is 4.99. The van der Waals surface area contributed by atoms with Crippen LogP contribution in [0, 0.1) is 5.82 Å². The SMILES string of the molecule is CCc1c2cccc(F)c2nn1Cc1ccc(C(=O)Nc2ccccc2N)cc1. The Morgan fingerprint density at radius 1 is 1.07 bits per heavy atom. The molecule has 0 spiro atoms. The first kappa shape index (κ1) is 18.7. The molecule has 0 saturated heterocycles. The summed E-state index contributed by atoms with van der Waals surface area (Å²) >= 11 is 0. The van der Waals surface area contributed by atoms with Crippen molar-refractivity contribution in [3.8, 4) is 0 Å². The van der Waals surface area contributed by atoms with E-state index in [9.17, 15) is 9.18 Å². The highest BCUT2D eigenvalue weighted by atomic mass is 19.1. The Balaban J connectivity index is 1.54. The first-order chi connectivity index (χ1) is 14.1. The Morgan fingerprint density at radius 3 is 2.55 bits per heavy atom. The molecule has 0 aliphatic carbocycles. The summed E-state index contributed by atoms with van der Waals surface area (Å²) in [6, 6.07) is 19.4. The van der Waals surface area contributed by atoms with Crippen LogP contribution < -0.4 is 11.1 Å². The zero-order valence-electron chi connectivity index (χ0n) is 16.0. The molecule has 0 fully saturated rings. The number of benzene rings is 3. The predicted molar refractivity (Wildman–Crippen MR) is 113 cm³/mol. The standard InChI is InChI=1S/C23H21FN4O/c1-2-21-17-6-5-7-18(24)22(17)27-28(21)14-15-10-12-16(13-11-15)23(29)26-20-9-4-3-8-19(20)25/h3-13H,2,14,25H2,1H3,(H,26,29). The topological polar surface area (TPSA) is 72.9 Å². The lowest BCUT2D eigenvalue weighted by Crippen LogP contribution is -2.13. The Hall–Kier alpha value is -3.67. The van der Waals surface area contributed by atoms with Gasteiger partial charge in [0.2, 0.25) is 0 Å². The molecule has 0 aliphatic heterocycles. The average Bonchev–Trinajstić information content (AvgIpc) is 3.08. The first-order valence-corrected chi connectivity index (χ1v) is 9.45. The molecule has 3 aromatic carbocycles. The maximum absolute atomic E-state index is 14.1. The largest absolute Gasteiger partial charge is 0.397 e. The number of nitrogens with zero attached hydrogens (tertiary/aromatic N) is 2. The van der Waals surface area contributed by atoms with E-state index in [0.29, 0.717) is 29.0 Å². The zero-order chi connectivity index (χ0) is 20.4. The van der Waals surface area contributed by atoms with Crippen molar-refractivity contribution >= 4 is 28.2 Å². The van der Waals surface area contributed by atoms with Gasteiger partial charge in [-0.05, 0) is 42.3 Å². The smallest absolute Gasteiger partial charge is 0.255 e. The van der Waals surface area contributed by atoms with E-state index in [-0.39, 0.29) is 11.7 Å². The van der Waals surface area contributed by atoms with Crippen LogP contribution in [0.5, 0.6) is 0 Å². The average molecular weight is 388 g/mol. The van der Waals surface area contributed by atoms with Crippen molar-refractivity contribution in [2.45, 2.75) is 19.9 Å². The van der Waals surface area contributed by atoms with Crippen LogP contribution in [0.3, 0.4) is 0 Å². The van der Waals surface area contributed by atoms with Gasteiger partial charge in [-0.2, -0.15) is 5.10 Å². The molecule has 4 rings (SSSR count). The fourth-order valence-electron chi connectivity index (χ4n) is 3.41. The third-order valence-electron chi connectivity index (χ3n) is 4.92. The molecule has 0 atom stereocenters. The molecular weight excluding hydrogens is 367 g/mol. The van der Waals surface area contributed by atoms with E-state index in [4.69, 9.17) is 5.73 Å². The number of rotatable bonds is 5. The molecule has 6 heteroatoms. The van der Waals surface area contributed by atoms with Gasteiger partial charge in [0, 0.05) is 16.6 Å². The van der Waals surface area contributed by atoms with Crippen LogP contribution in [-0.2, 0) is 13.0 Å². The molecule has 1 aromatic heterocycles. The Morgan fingerprint density at radius 2 is 1.83 bits per heavy atom. The molecular formula is C23H21FN4O. The minimum atomic E-state index is -0.317. The summed E-state index contributed by atoms with van der Waals surface area (Å²) in [5.41, 5.74) is 9.86. The van der Waals surface area contributed by atoms with Crippen LogP contribution in [0.2, 0.25) is 0 Å². The number of amides is 1. The Bertz CT molecular complexity index is 1180. The van der Waals surface area contributed by atoms with Gasteiger partial charge in [-0.1, -0.05) is 43.3 Å². The molecule has 4 aromatic rings. The van der Waals surface area contributed by atoms with Gasteiger partial charge in [-0.25, -0.2) is 4.39 Å². The van der Waals surface area contributed by atoms with Crippen LogP contribution in [0.4, 0.5) is 15.8 Å². The van der Waals surface area contributed by atoms with Crippen LogP contribution in [0.1, 0.15) is 28.5 Å². The third kappa shape index (κ3) is 3.69. The normalized spacial score (nSPS) is 11.0. The molecule has 3 N–H and O–H groups in total. The number of carbonyl (C=O) groups excluding carboxylic acids is 1. The van der Waals surface area contributed by atoms with Crippen LogP contribution in [-0.4, -0.2) is 15.7 Å². The fourth-order valence-corrected chi connectivity index (χ4v) is 3.41. The monoisotopic (exact) mass is 388 g/mol. The zero-order valence-corrected chi connectivity index (χ0v) is 16.0. The summed E-state index contributed by atoms with van der Waals surface area (Å²) in [7, 11) is 0. The van der Waals surface area contributed by atoms with Gasteiger partial charge in [0.05, 0.1) is 17.9 Å². The first-order valence-electron chi connectivity index (χ1n) is 9.45. The molecule has 1 heterocycles. The number of halogens is 1. The lowest BCUT2D eigenvalue weighted by molar-refractivity contribution is 0.102.